The topological polar surface area (TPSA) is 32.8 Å². The van der Waals surface area contributed by atoms with Crippen LogP contribution in [-0.4, -0.2) is 8.07 Å². The van der Waals surface area contributed by atoms with Crippen LogP contribution in [0.2, 0.25) is 0 Å². The molecule has 2 heterocycles. The lowest BCUT2D eigenvalue weighted by molar-refractivity contribution is 0.588. The van der Waals surface area contributed by atoms with Crippen LogP contribution >= 0.6 is 0 Å². The Kier molecular flexibility index (Phi) is 16.1. The van der Waals surface area contributed by atoms with Crippen LogP contribution in [0.15, 0.2) is 379 Å². The van der Waals surface area contributed by atoms with Crippen LogP contribution < -0.4 is 30.5 Å². The summed E-state index contributed by atoms with van der Waals surface area (Å²) in [5.74, 6) is 0. The van der Waals surface area contributed by atoms with Crippen molar-refractivity contribution in [1.82, 2.24) is 0 Å². The van der Waals surface area contributed by atoms with Crippen molar-refractivity contribution >= 4 is 118 Å². The molecule has 0 aliphatic heterocycles. The molecule has 2 aromatic heterocycles. The van der Waals surface area contributed by atoms with Gasteiger partial charge in [-0.2, -0.15) is 0 Å². The minimum atomic E-state index is -3.04. The summed E-state index contributed by atoms with van der Waals surface area (Å²) in [7, 11) is -3.04. The van der Waals surface area contributed by atoms with Crippen LogP contribution in [0.25, 0.3) is 88.0 Å². The predicted molar refractivity (Wildman–Crippen MR) is 462 cm³/mol. The molecule has 16 aromatic carbocycles. The van der Waals surface area contributed by atoms with E-state index >= 15 is 0 Å². The first-order chi connectivity index (χ1) is 53.3. The molecule has 0 N–H and O–H groups in total. The summed E-state index contributed by atoms with van der Waals surface area (Å²) in [5.41, 5.74) is 23.5. The number of rotatable bonds is 14. The molecule has 0 saturated carbocycles. The van der Waals surface area contributed by atoms with Crippen molar-refractivity contribution in [3.05, 3.63) is 409 Å². The molecule has 0 amide bonds. The summed E-state index contributed by atoms with van der Waals surface area (Å²) >= 11 is 0. The van der Waals surface area contributed by atoms with Crippen molar-refractivity contribution in [3.63, 3.8) is 0 Å². The van der Waals surface area contributed by atoms with E-state index in [0.717, 1.165) is 111 Å². The van der Waals surface area contributed by atoms with Gasteiger partial charge in [0.1, 0.15) is 11.2 Å². The number of hydrogen-bond donors (Lipinski definition) is 0. The highest BCUT2D eigenvalue weighted by Crippen LogP contribution is 2.62. The summed E-state index contributed by atoms with van der Waals surface area (Å²) in [6.07, 6.45) is 0. The maximum absolute atomic E-state index is 7.84. The highest BCUT2D eigenvalue weighted by molar-refractivity contribution is 7.20. The Balaban J connectivity index is 0.871. The fraction of sp³-hybridized carbons (Fsp3) is 0.0962. The summed E-state index contributed by atoms with van der Waals surface area (Å²) in [6, 6.07) is 138. The number of anilines is 6. The van der Waals surface area contributed by atoms with Gasteiger partial charge in [-0.25, -0.2) is 0 Å². The van der Waals surface area contributed by atoms with Gasteiger partial charge >= 0.3 is 0 Å². The average Bonchev–Trinajstić information content (AvgIpc) is 1.51. The van der Waals surface area contributed by atoms with Crippen LogP contribution in [0.4, 0.5) is 34.1 Å². The van der Waals surface area contributed by atoms with Crippen molar-refractivity contribution < 1.29 is 8.83 Å². The third kappa shape index (κ3) is 10.8. The predicted octanol–water partition coefficient (Wildman–Crippen LogP) is 25.6. The second-order valence-electron chi connectivity index (χ2n) is 31.4. The molecule has 524 valence electrons. The number of aryl methyl sites for hydroxylation is 1. The number of furan rings is 2. The van der Waals surface area contributed by atoms with E-state index in [-0.39, 0.29) is 10.8 Å². The van der Waals surface area contributed by atoms with Gasteiger partial charge in [-0.1, -0.05) is 357 Å². The van der Waals surface area contributed by atoms with E-state index in [2.05, 4.69) is 428 Å². The standard InChI is InChI=1S/C104H82N2O2Si/c1-69-33-23-24-44-80(69)84-48-29-50-86-88-52-31-54-93(100(88)107-98(84)86)105(74-34-13-8-14-35-74)76-65-66-90-91(67-76)104(72-61-57-70(58-62-72)102(2,3)4,73-63-59-71(60-64-73)103(5,6)7)92-68-95(81-45-25-26-47-83(81)97(90)92)106(75-36-15-9-16-37-75)94-55-32-53-89-87-51-30-49-85(99(87)108-101(89)94)82-46-27-28-56-96(82)109(77-38-17-10-18-39-77,78-40-19-11-20-41-78)79-42-21-12-22-43-79/h8-68H,1-7H3. The molecule has 4 nitrogen and oxygen atoms in total. The maximum Gasteiger partial charge on any atom is 0.180 e. The van der Waals surface area contributed by atoms with E-state index in [1.165, 1.54) is 70.8 Å². The molecule has 0 radical (unpaired) electrons. The summed E-state index contributed by atoms with van der Waals surface area (Å²) in [6.45, 7) is 16.1. The van der Waals surface area contributed by atoms with Crippen LogP contribution in [0.1, 0.15) is 80.5 Å². The molecule has 0 bridgehead atoms. The van der Waals surface area contributed by atoms with E-state index in [1.54, 1.807) is 0 Å². The fourth-order valence-electron chi connectivity index (χ4n) is 18.0. The molecular weight excluding hydrogens is 1340 g/mol. The zero-order valence-electron chi connectivity index (χ0n) is 62.4. The Morgan fingerprint density at radius 2 is 0.670 bits per heavy atom. The minimum Gasteiger partial charge on any atom is -0.453 e. The molecule has 0 atom stereocenters. The average molecular weight is 1420 g/mol. The molecule has 109 heavy (non-hydrogen) atoms. The molecule has 1 aliphatic rings. The van der Waals surface area contributed by atoms with Gasteiger partial charge in [0, 0.05) is 55.1 Å². The first-order valence-corrected chi connectivity index (χ1v) is 40.1. The van der Waals surface area contributed by atoms with Gasteiger partial charge in [-0.05, 0) is 160 Å². The maximum atomic E-state index is 7.84. The first kappa shape index (κ1) is 66.8. The molecule has 5 heteroatoms. The number of fused-ring (bicyclic) bond motifs is 11. The molecule has 0 unspecified atom stereocenters. The quantitative estimate of drug-likeness (QED) is 0.0802. The fourth-order valence-corrected chi connectivity index (χ4v) is 23.0. The molecular formula is C104H82N2O2Si. The van der Waals surface area contributed by atoms with E-state index in [0.29, 0.717) is 0 Å². The lowest BCUT2D eigenvalue weighted by Crippen LogP contribution is -2.75. The summed E-state index contributed by atoms with van der Waals surface area (Å²) < 4.78 is 15.2. The Morgan fingerprint density at radius 1 is 0.275 bits per heavy atom. The van der Waals surface area contributed by atoms with Gasteiger partial charge in [0.05, 0.1) is 22.5 Å². The molecule has 0 spiro atoms. The highest BCUT2D eigenvalue weighted by Gasteiger charge is 2.49. The van der Waals surface area contributed by atoms with Gasteiger partial charge in [-0.3, -0.25) is 0 Å². The number of benzene rings is 16. The zero-order valence-corrected chi connectivity index (χ0v) is 63.4. The van der Waals surface area contributed by atoms with Crippen LogP contribution in [0.5, 0.6) is 0 Å². The third-order valence-electron chi connectivity index (χ3n) is 23.2. The Morgan fingerprint density at radius 3 is 1.17 bits per heavy atom. The molecule has 0 fully saturated rings. The van der Waals surface area contributed by atoms with Crippen molar-refractivity contribution in [2.75, 3.05) is 9.80 Å². The molecule has 19 rings (SSSR count). The summed E-state index contributed by atoms with van der Waals surface area (Å²) in [4.78, 5) is 4.91. The lowest BCUT2D eigenvalue weighted by atomic mass is 9.66. The van der Waals surface area contributed by atoms with E-state index in [9.17, 15) is 0 Å². The van der Waals surface area contributed by atoms with Gasteiger partial charge in [-0.15, -0.1) is 0 Å². The molecule has 18 aromatic rings. The lowest BCUT2D eigenvalue weighted by Gasteiger charge is -2.37. The second kappa shape index (κ2) is 26.3. The third-order valence-corrected chi connectivity index (χ3v) is 28.0. The normalized spacial score (nSPS) is 12.8. The SMILES string of the molecule is Cc1ccccc1-c1cccc2c1oc1c(N(c3ccccc3)c3ccc4c(c3)C(c3ccc(C(C)(C)C)cc3)(c3ccc(C(C)(C)C)cc3)c3cc(N(c5ccccc5)c5cccc6c5oc5c(-c7ccccc7[Si](c7ccccc7)(c7ccccc7)c7ccccc7)cccc56)c5ccccc5c3-4)cccc12. The number of hydrogen-bond acceptors (Lipinski definition) is 4. The Bertz CT molecular complexity index is 6330. The number of nitrogens with zero attached hydrogens (tertiary/aromatic N) is 2. The number of para-hydroxylation sites is 6. The van der Waals surface area contributed by atoms with Crippen molar-refractivity contribution in [2.45, 2.75) is 64.7 Å². The zero-order chi connectivity index (χ0) is 73.8. The summed E-state index contributed by atoms with van der Waals surface area (Å²) in [5, 5.41) is 11.7. The smallest absolute Gasteiger partial charge is 0.180 e. The Hall–Kier alpha value is -12.8. The minimum absolute atomic E-state index is 0.104. The van der Waals surface area contributed by atoms with E-state index < -0.39 is 13.5 Å². The monoisotopic (exact) mass is 1420 g/mol. The van der Waals surface area contributed by atoms with Crippen molar-refractivity contribution in [2.24, 2.45) is 0 Å². The van der Waals surface area contributed by atoms with Crippen LogP contribution in [0, 0.1) is 6.92 Å². The first-order valence-electron chi connectivity index (χ1n) is 38.1. The van der Waals surface area contributed by atoms with Gasteiger partial charge in [0.25, 0.3) is 0 Å². The highest BCUT2D eigenvalue weighted by atomic mass is 28.3. The van der Waals surface area contributed by atoms with E-state index in [1.807, 2.05) is 0 Å². The molecule has 0 saturated heterocycles. The van der Waals surface area contributed by atoms with Crippen LogP contribution in [-0.2, 0) is 16.2 Å². The Labute approximate surface area is 639 Å². The van der Waals surface area contributed by atoms with Gasteiger partial charge < -0.3 is 18.6 Å². The largest absolute Gasteiger partial charge is 0.453 e. The van der Waals surface area contributed by atoms with Gasteiger partial charge in [0.15, 0.2) is 19.2 Å². The van der Waals surface area contributed by atoms with Crippen LogP contribution in [0.3, 0.4) is 0 Å². The van der Waals surface area contributed by atoms with E-state index in [4.69, 9.17) is 8.83 Å². The molecule has 1 aliphatic carbocycles. The van der Waals surface area contributed by atoms with Crippen molar-refractivity contribution in [3.8, 4) is 33.4 Å². The van der Waals surface area contributed by atoms with Crippen molar-refractivity contribution in [1.29, 1.82) is 0 Å². The second-order valence-corrected chi connectivity index (χ2v) is 35.2. The van der Waals surface area contributed by atoms with Gasteiger partial charge in [0.2, 0.25) is 0 Å².